The minimum absolute atomic E-state index is 0.0238. The van der Waals surface area contributed by atoms with Crippen LogP contribution in [0.4, 0.5) is 20.3 Å². The third-order valence-electron chi connectivity index (χ3n) is 5.73. The third kappa shape index (κ3) is 4.43. The molecule has 1 aromatic carbocycles. The molecule has 0 unspecified atom stereocenters. The number of aromatic nitrogens is 3. The van der Waals surface area contributed by atoms with Crippen LogP contribution in [0.2, 0.25) is 5.15 Å². The molecule has 0 aliphatic carbocycles. The van der Waals surface area contributed by atoms with Gasteiger partial charge in [-0.2, -0.15) is 5.26 Å². The number of carbonyl (C=O) groups is 1. The van der Waals surface area contributed by atoms with Crippen LogP contribution in [0.25, 0.3) is 11.0 Å². The van der Waals surface area contributed by atoms with E-state index in [9.17, 15) is 23.9 Å². The minimum atomic E-state index is -2.89. The summed E-state index contributed by atoms with van der Waals surface area (Å²) >= 11 is 5.85. The number of nitrogens with one attached hydrogen (secondary N) is 1. The van der Waals surface area contributed by atoms with E-state index in [0.29, 0.717) is 16.6 Å². The summed E-state index contributed by atoms with van der Waals surface area (Å²) in [7, 11) is 0. The van der Waals surface area contributed by atoms with Gasteiger partial charge in [0.1, 0.15) is 11.2 Å². The SMILES string of the molecule is Cc1cc([C@@H](C)Nc2ccc(Cl)nc2C(=O)O)c2nc(N3CC(F)(F)C[C@H]3C)c(C#N)nc2c1. The molecule has 4 rings (SSSR count). The van der Waals surface area contributed by atoms with Gasteiger partial charge in [-0.05, 0) is 44.5 Å². The highest BCUT2D eigenvalue weighted by Gasteiger charge is 2.44. The zero-order valence-corrected chi connectivity index (χ0v) is 19.4. The Morgan fingerprint density at radius 2 is 2.09 bits per heavy atom. The number of aryl methyl sites for hydroxylation is 1. The number of anilines is 2. The highest BCUT2D eigenvalue weighted by Crippen LogP contribution is 2.37. The maximum absolute atomic E-state index is 14.1. The second-order valence-electron chi connectivity index (χ2n) is 8.47. The van der Waals surface area contributed by atoms with E-state index in [2.05, 4.69) is 20.3 Å². The Morgan fingerprint density at radius 3 is 2.71 bits per heavy atom. The van der Waals surface area contributed by atoms with Crippen LogP contribution in [0.1, 0.15) is 53.6 Å². The van der Waals surface area contributed by atoms with Gasteiger partial charge in [-0.15, -0.1) is 0 Å². The van der Waals surface area contributed by atoms with Crippen LogP contribution in [0.5, 0.6) is 0 Å². The van der Waals surface area contributed by atoms with Crippen molar-refractivity contribution in [2.24, 2.45) is 0 Å². The fraction of sp³-hybridized carbons (Fsp3) is 0.348. The van der Waals surface area contributed by atoms with Gasteiger partial charge < -0.3 is 15.3 Å². The van der Waals surface area contributed by atoms with Crippen molar-refractivity contribution in [3.05, 3.63) is 51.9 Å². The number of nitriles is 1. The number of halogens is 3. The molecule has 2 N–H and O–H groups in total. The number of fused-ring (bicyclic) bond motifs is 1. The molecular weight excluding hydrogens is 466 g/mol. The van der Waals surface area contributed by atoms with Crippen molar-refractivity contribution in [2.45, 2.75) is 45.2 Å². The molecule has 3 aromatic rings. The van der Waals surface area contributed by atoms with Crippen LogP contribution in [0.3, 0.4) is 0 Å². The first kappa shape index (κ1) is 23.6. The van der Waals surface area contributed by atoms with Crippen molar-refractivity contribution in [3.8, 4) is 6.07 Å². The molecule has 1 aliphatic rings. The highest BCUT2D eigenvalue weighted by molar-refractivity contribution is 6.29. The van der Waals surface area contributed by atoms with Gasteiger partial charge in [-0.1, -0.05) is 17.7 Å². The summed E-state index contributed by atoms with van der Waals surface area (Å²) < 4.78 is 28.1. The number of benzene rings is 1. The number of aromatic carboxylic acids is 1. The zero-order valence-electron chi connectivity index (χ0n) is 18.6. The van der Waals surface area contributed by atoms with Crippen LogP contribution in [-0.4, -0.2) is 44.5 Å². The van der Waals surface area contributed by atoms with Crippen LogP contribution in [0.15, 0.2) is 24.3 Å². The van der Waals surface area contributed by atoms with E-state index in [1.807, 2.05) is 19.1 Å². The molecule has 176 valence electrons. The van der Waals surface area contributed by atoms with Crippen molar-refractivity contribution in [1.82, 2.24) is 15.0 Å². The molecule has 0 bridgehead atoms. The Morgan fingerprint density at radius 1 is 1.35 bits per heavy atom. The molecule has 8 nitrogen and oxygen atoms in total. The standard InChI is InChI=1S/C23H21ClF2N6O2/c1-11-6-14(13(3)28-15-4-5-18(24)30-20(15)22(33)34)19-16(7-11)29-17(9-27)21(31-19)32-10-23(25,26)8-12(32)2/h4-7,12-13,28H,8,10H2,1-3H3,(H,33,34)/t12-,13-/m1/s1. The van der Waals surface area contributed by atoms with Crippen LogP contribution < -0.4 is 10.2 Å². The van der Waals surface area contributed by atoms with Gasteiger partial charge in [-0.25, -0.2) is 28.5 Å². The Kier molecular flexibility index (Phi) is 6.00. The number of hydrogen-bond donors (Lipinski definition) is 2. The molecule has 1 aliphatic heterocycles. The first-order valence-electron chi connectivity index (χ1n) is 10.5. The molecule has 0 saturated carbocycles. The topological polar surface area (TPSA) is 115 Å². The highest BCUT2D eigenvalue weighted by atomic mass is 35.5. The quantitative estimate of drug-likeness (QED) is 0.486. The van der Waals surface area contributed by atoms with Gasteiger partial charge >= 0.3 is 5.97 Å². The molecule has 0 radical (unpaired) electrons. The minimum Gasteiger partial charge on any atom is -0.476 e. The van der Waals surface area contributed by atoms with E-state index < -0.39 is 30.5 Å². The summed E-state index contributed by atoms with van der Waals surface area (Å²) in [6.45, 7) is 4.78. The van der Waals surface area contributed by atoms with Gasteiger partial charge in [0.05, 0.1) is 29.3 Å². The van der Waals surface area contributed by atoms with Gasteiger partial charge in [0, 0.05) is 18.0 Å². The summed E-state index contributed by atoms with van der Waals surface area (Å²) in [4.78, 5) is 26.0. The van der Waals surface area contributed by atoms with Crippen LogP contribution >= 0.6 is 11.6 Å². The van der Waals surface area contributed by atoms with Crippen molar-refractivity contribution >= 4 is 40.1 Å². The van der Waals surface area contributed by atoms with Crippen molar-refractivity contribution in [3.63, 3.8) is 0 Å². The molecule has 2 atom stereocenters. The molecule has 0 amide bonds. The summed E-state index contributed by atoms with van der Waals surface area (Å²) in [5.74, 6) is -4.02. The van der Waals surface area contributed by atoms with E-state index in [1.165, 1.54) is 17.0 Å². The third-order valence-corrected chi connectivity index (χ3v) is 5.94. The number of carboxylic acids is 1. The number of alkyl halides is 2. The number of pyridine rings is 1. The molecule has 3 heterocycles. The number of rotatable bonds is 5. The molecule has 1 fully saturated rings. The fourth-order valence-corrected chi connectivity index (χ4v) is 4.40. The maximum Gasteiger partial charge on any atom is 0.356 e. The van der Waals surface area contributed by atoms with E-state index in [1.54, 1.807) is 19.9 Å². The number of nitrogens with zero attached hydrogens (tertiary/aromatic N) is 5. The van der Waals surface area contributed by atoms with E-state index in [-0.39, 0.29) is 34.5 Å². The average Bonchev–Trinajstić information content (AvgIpc) is 3.05. The fourth-order valence-electron chi connectivity index (χ4n) is 4.25. The van der Waals surface area contributed by atoms with Crippen molar-refractivity contribution in [2.75, 3.05) is 16.8 Å². The molecular formula is C23H21ClF2N6O2. The molecule has 0 spiro atoms. The van der Waals surface area contributed by atoms with Gasteiger partial charge in [-0.3, -0.25) is 0 Å². The summed E-state index contributed by atoms with van der Waals surface area (Å²) in [5, 5.41) is 22.3. The van der Waals surface area contributed by atoms with E-state index in [0.717, 1.165) is 5.56 Å². The van der Waals surface area contributed by atoms with E-state index in [4.69, 9.17) is 11.6 Å². The Labute approximate surface area is 199 Å². The second-order valence-corrected chi connectivity index (χ2v) is 8.86. The summed E-state index contributed by atoms with van der Waals surface area (Å²) in [6, 6.07) is 7.62. The van der Waals surface area contributed by atoms with Crippen molar-refractivity contribution < 1.29 is 18.7 Å². The Bertz CT molecular complexity index is 1340. The lowest BCUT2D eigenvalue weighted by molar-refractivity contribution is 0.0229. The average molecular weight is 487 g/mol. The Hall–Kier alpha value is -3.58. The maximum atomic E-state index is 14.1. The summed E-state index contributed by atoms with van der Waals surface area (Å²) in [6.07, 6.45) is -0.335. The van der Waals surface area contributed by atoms with Gasteiger partial charge in [0.15, 0.2) is 17.2 Å². The van der Waals surface area contributed by atoms with Crippen molar-refractivity contribution in [1.29, 1.82) is 5.26 Å². The molecule has 2 aromatic heterocycles. The Balaban J connectivity index is 1.82. The second kappa shape index (κ2) is 8.65. The van der Waals surface area contributed by atoms with Gasteiger partial charge in [0.25, 0.3) is 5.92 Å². The largest absolute Gasteiger partial charge is 0.476 e. The number of carboxylic acid groups (broad SMARTS) is 1. The molecule has 1 saturated heterocycles. The lowest BCUT2D eigenvalue weighted by Crippen LogP contribution is -2.30. The molecule has 34 heavy (non-hydrogen) atoms. The number of hydrogen-bond acceptors (Lipinski definition) is 7. The van der Waals surface area contributed by atoms with Crippen LogP contribution in [-0.2, 0) is 0 Å². The van der Waals surface area contributed by atoms with E-state index >= 15 is 0 Å². The van der Waals surface area contributed by atoms with Gasteiger partial charge in [0.2, 0.25) is 0 Å². The van der Waals surface area contributed by atoms with Crippen LogP contribution in [0, 0.1) is 18.3 Å². The first-order valence-corrected chi connectivity index (χ1v) is 10.9. The lowest BCUT2D eigenvalue weighted by atomic mass is 10.0. The zero-order chi connectivity index (χ0) is 24.8. The summed E-state index contributed by atoms with van der Waals surface area (Å²) in [5.41, 5.74) is 2.38. The predicted octanol–water partition coefficient (Wildman–Crippen LogP) is 4.96. The monoisotopic (exact) mass is 486 g/mol. The first-order chi connectivity index (χ1) is 16.0. The normalized spacial score (nSPS) is 18.0. The lowest BCUT2D eigenvalue weighted by Gasteiger charge is -2.24. The smallest absolute Gasteiger partial charge is 0.356 e. The predicted molar refractivity (Wildman–Crippen MR) is 124 cm³/mol. The molecule has 11 heteroatoms.